The third kappa shape index (κ3) is 4.13. The number of hydrogen-bond acceptors (Lipinski definition) is 1. The van der Waals surface area contributed by atoms with Gasteiger partial charge in [-0.1, -0.05) is 40.9 Å². The lowest BCUT2D eigenvalue weighted by Crippen LogP contribution is -2.26. The SMILES string of the molecule is CC(NC(=O)c1ccc(Cl)c(Br)c1)c1ccc(Cl)cc1Cl. The van der Waals surface area contributed by atoms with E-state index in [-0.39, 0.29) is 11.9 Å². The van der Waals surface area contributed by atoms with Crippen LogP contribution in [0, 0.1) is 0 Å². The molecule has 0 aliphatic carbocycles. The molecule has 1 unspecified atom stereocenters. The van der Waals surface area contributed by atoms with Gasteiger partial charge in [0.05, 0.1) is 11.1 Å². The number of halogens is 4. The number of carbonyl (C=O) groups excluding carboxylic acids is 1. The molecule has 2 aromatic carbocycles. The quantitative estimate of drug-likeness (QED) is 0.674. The summed E-state index contributed by atoms with van der Waals surface area (Å²) in [5.74, 6) is -0.203. The van der Waals surface area contributed by atoms with Gasteiger partial charge in [-0.2, -0.15) is 0 Å². The molecule has 0 aliphatic rings. The number of rotatable bonds is 3. The first-order chi connectivity index (χ1) is 9.88. The Morgan fingerprint density at radius 3 is 2.43 bits per heavy atom. The molecular weight excluding hydrogens is 396 g/mol. The van der Waals surface area contributed by atoms with Crippen LogP contribution in [0.3, 0.4) is 0 Å². The van der Waals surface area contributed by atoms with Crippen molar-refractivity contribution in [1.29, 1.82) is 0 Å². The molecule has 0 spiro atoms. The molecule has 0 fully saturated rings. The van der Waals surface area contributed by atoms with Crippen molar-refractivity contribution in [3.8, 4) is 0 Å². The Morgan fingerprint density at radius 1 is 1.10 bits per heavy atom. The molecule has 0 radical (unpaired) electrons. The van der Waals surface area contributed by atoms with Crippen molar-refractivity contribution >= 4 is 56.6 Å². The first-order valence-corrected chi connectivity index (χ1v) is 8.02. The molecule has 6 heteroatoms. The lowest BCUT2D eigenvalue weighted by atomic mass is 10.1. The minimum Gasteiger partial charge on any atom is -0.345 e. The maximum atomic E-state index is 12.2. The van der Waals surface area contributed by atoms with Crippen molar-refractivity contribution < 1.29 is 4.79 Å². The predicted molar refractivity (Wildman–Crippen MR) is 91.5 cm³/mol. The normalized spacial score (nSPS) is 12.0. The Balaban J connectivity index is 2.16. The van der Waals surface area contributed by atoms with Crippen LogP contribution in [-0.2, 0) is 0 Å². The summed E-state index contributed by atoms with van der Waals surface area (Å²) in [5.41, 5.74) is 1.32. The molecule has 0 aliphatic heterocycles. The summed E-state index contributed by atoms with van der Waals surface area (Å²) in [6, 6.07) is 9.96. The Kier molecular flexibility index (Phi) is 5.55. The molecule has 110 valence electrons. The van der Waals surface area contributed by atoms with E-state index in [4.69, 9.17) is 34.8 Å². The van der Waals surface area contributed by atoms with Gasteiger partial charge in [0, 0.05) is 20.1 Å². The van der Waals surface area contributed by atoms with Crippen LogP contribution in [0.4, 0.5) is 0 Å². The van der Waals surface area contributed by atoms with Crippen LogP contribution in [0.2, 0.25) is 15.1 Å². The fraction of sp³-hybridized carbons (Fsp3) is 0.133. The molecule has 0 saturated carbocycles. The van der Waals surface area contributed by atoms with Gasteiger partial charge in [-0.25, -0.2) is 0 Å². The van der Waals surface area contributed by atoms with Crippen LogP contribution in [0.5, 0.6) is 0 Å². The van der Waals surface area contributed by atoms with Gasteiger partial charge in [0.1, 0.15) is 0 Å². The van der Waals surface area contributed by atoms with Crippen molar-refractivity contribution in [2.24, 2.45) is 0 Å². The average molecular weight is 408 g/mol. The van der Waals surface area contributed by atoms with E-state index in [1.165, 1.54) is 0 Å². The molecule has 2 aromatic rings. The van der Waals surface area contributed by atoms with Gasteiger partial charge in [-0.15, -0.1) is 0 Å². The Morgan fingerprint density at radius 2 is 1.81 bits per heavy atom. The van der Waals surface area contributed by atoms with E-state index in [2.05, 4.69) is 21.2 Å². The van der Waals surface area contributed by atoms with Gasteiger partial charge in [0.15, 0.2) is 0 Å². The monoisotopic (exact) mass is 405 g/mol. The summed E-state index contributed by atoms with van der Waals surface area (Å²) in [6.07, 6.45) is 0. The number of hydrogen-bond donors (Lipinski definition) is 1. The van der Waals surface area contributed by atoms with Crippen LogP contribution < -0.4 is 5.32 Å². The van der Waals surface area contributed by atoms with E-state index in [1.807, 2.05) is 6.92 Å². The topological polar surface area (TPSA) is 29.1 Å². The molecule has 1 N–H and O–H groups in total. The summed E-state index contributed by atoms with van der Waals surface area (Å²) in [7, 11) is 0. The fourth-order valence-electron chi connectivity index (χ4n) is 1.85. The van der Waals surface area contributed by atoms with Crippen LogP contribution >= 0.6 is 50.7 Å². The summed E-state index contributed by atoms with van der Waals surface area (Å²) in [6.45, 7) is 1.86. The number of nitrogens with one attached hydrogen (secondary N) is 1. The zero-order chi connectivity index (χ0) is 15.6. The highest BCUT2D eigenvalue weighted by molar-refractivity contribution is 9.10. The lowest BCUT2D eigenvalue weighted by Gasteiger charge is -2.16. The highest BCUT2D eigenvalue weighted by Crippen LogP contribution is 2.27. The smallest absolute Gasteiger partial charge is 0.251 e. The first-order valence-electron chi connectivity index (χ1n) is 6.09. The largest absolute Gasteiger partial charge is 0.345 e. The summed E-state index contributed by atoms with van der Waals surface area (Å²) < 4.78 is 0.675. The lowest BCUT2D eigenvalue weighted by molar-refractivity contribution is 0.0940. The van der Waals surface area contributed by atoms with E-state index in [0.29, 0.717) is 25.1 Å². The standard InChI is InChI=1S/C15H11BrCl3NO/c1-8(11-4-3-10(17)7-14(11)19)20-15(21)9-2-5-13(18)12(16)6-9/h2-8H,1H3,(H,20,21). The second kappa shape index (κ2) is 7.01. The summed E-state index contributed by atoms with van der Waals surface area (Å²) >= 11 is 21.2. The highest BCUT2D eigenvalue weighted by atomic mass is 79.9. The molecule has 21 heavy (non-hydrogen) atoms. The molecule has 1 atom stereocenters. The highest BCUT2D eigenvalue weighted by Gasteiger charge is 2.15. The fourth-order valence-corrected chi connectivity index (χ4v) is 2.92. The van der Waals surface area contributed by atoms with Crippen molar-refractivity contribution in [2.75, 3.05) is 0 Å². The van der Waals surface area contributed by atoms with Crippen molar-refractivity contribution in [1.82, 2.24) is 5.32 Å². The summed E-state index contributed by atoms with van der Waals surface area (Å²) in [5, 5.41) is 4.53. The van der Waals surface area contributed by atoms with Crippen LogP contribution in [-0.4, -0.2) is 5.91 Å². The molecule has 0 bridgehead atoms. The van der Waals surface area contributed by atoms with Crippen molar-refractivity contribution in [3.63, 3.8) is 0 Å². The number of amides is 1. The number of carbonyl (C=O) groups is 1. The second-order valence-electron chi connectivity index (χ2n) is 4.49. The zero-order valence-corrected chi connectivity index (χ0v) is 14.8. The van der Waals surface area contributed by atoms with Gasteiger partial charge < -0.3 is 5.32 Å². The third-order valence-corrected chi connectivity index (χ3v) is 4.73. The maximum Gasteiger partial charge on any atom is 0.251 e. The Labute approximate surface area is 146 Å². The minimum atomic E-state index is -0.239. The molecule has 0 aromatic heterocycles. The average Bonchev–Trinajstić information content (AvgIpc) is 2.41. The van der Waals surface area contributed by atoms with Gasteiger partial charge >= 0.3 is 0 Å². The maximum absolute atomic E-state index is 12.2. The second-order valence-corrected chi connectivity index (χ2v) is 6.60. The van der Waals surface area contributed by atoms with E-state index < -0.39 is 0 Å². The number of benzene rings is 2. The predicted octanol–water partition coefficient (Wildman–Crippen LogP) is 5.90. The Bertz CT molecular complexity index is 691. The molecule has 2 nitrogen and oxygen atoms in total. The summed E-state index contributed by atoms with van der Waals surface area (Å²) in [4.78, 5) is 12.2. The van der Waals surface area contributed by atoms with Crippen LogP contribution in [0.25, 0.3) is 0 Å². The van der Waals surface area contributed by atoms with Gasteiger partial charge in [0.2, 0.25) is 0 Å². The van der Waals surface area contributed by atoms with Crippen molar-refractivity contribution in [3.05, 3.63) is 67.1 Å². The molecule has 0 saturated heterocycles. The molecule has 1 amide bonds. The minimum absolute atomic E-state index is 0.203. The first kappa shape index (κ1) is 16.6. The van der Waals surface area contributed by atoms with E-state index >= 15 is 0 Å². The van der Waals surface area contributed by atoms with Crippen LogP contribution in [0.1, 0.15) is 28.9 Å². The zero-order valence-electron chi connectivity index (χ0n) is 11.0. The molecular formula is C15H11BrCl3NO. The van der Waals surface area contributed by atoms with E-state index in [9.17, 15) is 4.79 Å². The third-order valence-electron chi connectivity index (χ3n) is 2.96. The van der Waals surface area contributed by atoms with Crippen LogP contribution in [0.15, 0.2) is 40.9 Å². The molecule has 0 heterocycles. The Hall–Kier alpha value is -0.740. The van der Waals surface area contributed by atoms with Gasteiger partial charge in [0.25, 0.3) is 5.91 Å². The van der Waals surface area contributed by atoms with E-state index in [0.717, 1.165) is 5.56 Å². The van der Waals surface area contributed by atoms with Crippen molar-refractivity contribution in [2.45, 2.75) is 13.0 Å². The van der Waals surface area contributed by atoms with E-state index in [1.54, 1.807) is 36.4 Å². The van der Waals surface area contributed by atoms with Gasteiger partial charge in [-0.3, -0.25) is 4.79 Å². The molecule has 2 rings (SSSR count). The van der Waals surface area contributed by atoms with Gasteiger partial charge in [-0.05, 0) is 58.7 Å².